The second-order valence-electron chi connectivity index (χ2n) is 4.63. The van der Waals surface area contributed by atoms with Crippen LogP contribution in [0.5, 0.6) is 0 Å². The third kappa shape index (κ3) is 3.36. The first-order valence-electron chi connectivity index (χ1n) is 6.56. The molecule has 1 aromatic heterocycles. The molecule has 4 nitrogen and oxygen atoms in total. The molecule has 108 valence electrons. The Hall–Kier alpha value is -1.43. The molecule has 0 aliphatic heterocycles. The summed E-state index contributed by atoms with van der Waals surface area (Å²) in [6.45, 7) is 2.98. The number of hydrogen-bond donors (Lipinski definition) is 2. The number of benzene rings is 1. The average Bonchev–Trinajstić information content (AvgIpc) is 2.87. The van der Waals surface area contributed by atoms with Crippen molar-refractivity contribution in [2.24, 2.45) is 5.84 Å². The van der Waals surface area contributed by atoms with E-state index in [-0.39, 0.29) is 11.9 Å². The van der Waals surface area contributed by atoms with Gasteiger partial charge in [0.05, 0.1) is 6.04 Å². The molecule has 1 aromatic carbocycles. The molecular formula is C14H18ClFN4. The van der Waals surface area contributed by atoms with Gasteiger partial charge in [-0.05, 0) is 24.6 Å². The van der Waals surface area contributed by atoms with Crippen molar-refractivity contribution in [1.29, 1.82) is 0 Å². The van der Waals surface area contributed by atoms with Crippen molar-refractivity contribution in [3.05, 3.63) is 52.8 Å². The lowest BCUT2D eigenvalue weighted by atomic mass is 10.0. The predicted molar refractivity (Wildman–Crippen MR) is 77.7 cm³/mol. The van der Waals surface area contributed by atoms with Gasteiger partial charge in [0.15, 0.2) is 0 Å². The standard InChI is InChI=1S/C14H18ClFN4/c1-2-6-20-7-5-18-14(20)9-13(19-17)11-8-10(15)3-4-12(11)16/h3-5,7-8,13,19H,2,6,9,17H2,1H3. The van der Waals surface area contributed by atoms with Gasteiger partial charge in [-0.1, -0.05) is 18.5 Å². The van der Waals surface area contributed by atoms with Crippen LogP contribution in [0.2, 0.25) is 5.02 Å². The molecule has 0 fully saturated rings. The molecule has 20 heavy (non-hydrogen) atoms. The van der Waals surface area contributed by atoms with Crippen molar-refractivity contribution in [1.82, 2.24) is 15.0 Å². The Balaban J connectivity index is 2.24. The van der Waals surface area contributed by atoms with E-state index in [2.05, 4.69) is 17.3 Å². The third-order valence-corrected chi connectivity index (χ3v) is 3.42. The maximum absolute atomic E-state index is 13.9. The molecule has 2 rings (SSSR count). The van der Waals surface area contributed by atoms with Crippen molar-refractivity contribution in [3.63, 3.8) is 0 Å². The van der Waals surface area contributed by atoms with Crippen LogP contribution in [0.3, 0.4) is 0 Å². The van der Waals surface area contributed by atoms with E-state index >= 15 is 0 Å². The second kappa shape index (κ2) is 6.83. The van der Waals surface area contributed by atoms with Crippen LogP contribution in [-0.4, -0.2) is 9.55 Å². The topological polar surface area (TPSA) is 55.9 Å². The minimum Gasteiger partial charge on any atom is -0.335 e. The minimum absolute atomic E-state index is 0.328. The molecule has 0 saturated heterocycles. The Morgan fingerprint density at radius 2 is 2.30 bits per heavy atom. The molecule has 0 aliphatic carbocycles. The number of nitrogens with zero attached hydrogens (tertiary/aromatic N) is 2. The largest absolute Gasteiger partial charge is 0.335 e. The van der Waals surface area contributed by atoms with Gasteiger partial charge in [-0.2, -0.15) is 0 Å². The fourth-order valence-electron chi connectivity index (χ4n) is 2.20. The first-order chi connectivity index (χ1) is 9.65. The molecule has 0 aliphatic rings. The molecule has 3 N–H and O–H groups in total. The van der Waals surface area contributed by atoms with E-state index in [4.69, 9.17) is 17.4 Å². The van der Waals surface area contributed by atoms with E-state index < -0.39 is 0 Å². The Morgan fingerprint density at radius 3 is 3.00 bits per heavy atom. The molecule has 0 spiro atoms. The fourth-order valence-corrected chi connectivity index (χ4v) is 2.38. The van der Waals surface area contributed by atoms with Crippen LogP contribution in [-0.2, 0) is 13.0 Å². The van der Waals surface area contributed by atoms with Crippen LogP contribution in [0.15, 0.2) is 30.6 Å². The van der Waals surface area contributed by atoms with Crippen molar-refractivity contribution in [3.8, 4) is 0 Å². The lowest BCUT2D eigenvalue weighted by Gasteiger charge is -2.18. The van der Waals surface area contributed by atoms with Crippen LogP contribution in [0, 0.1) is 5.82 Å². The highest BCUT2D eigenvalue weighted by atomic mass is 35.5. The molecule has 0 bridgehead atoms. The molecule has 1 unspecified atom stereocenters. The number of halogens is 2. The number of nitrogens with one attached hydrogen (secondary N) is 1. The number of hydrogen-bond acceptors (Lipinski definition) is 3. The molecular weight excluding hydrogens is 279 g/mol. The smallest absolute Gasteiger partial charge is 0.128 e. The number of aromatic nitrogens is 2. The fraction of sp³-hybridized carbons (Fsp3) is 0.357. The summed E-state index contributed by atoms with van der Waals surface area (Å²) in [5.74, 6) is 6.11. The predicted octanol–water partition coefficient (Wildman–Crippen LogP) is 2.83. The van der Waals surface area contributed by atoms with Crippen LogP contribution in [0.25, 0.3) is 0 Å². The van der Waals surface area contributed by atoms with Gasteiger partial charge in [-0.3, -0.25) is 11.3 Å². The SMILES string of the molecule is CCCn1ccnc1CC(NN)c1cc(Cl)ccc1F. The summed E-state index contributed by atoms with van der Waals surface area (Å²) in [5, 5.41) is 0.485. The summed E-state index contributed by atoms with van der Waals surface area (Å²) < 4.78 is 16.0. The van der Waals surface area contributed by atoms with Crippen molar-refractivity contribution in [2.75, 3.05) is 0 Å². The van der Waals surface area contributed by atoms with Gasteiger partial charge in [0.1, 0.15) is 11.6 Å². The summed E-state index contributed by atoms with van der Waals surface area (Å²) >= 11 is 5.92. The van der Waals surface area contributed by atoms with Crippen LogP contribution in [0.1, 0.15) is 30.8 Å². The van der Waals surface area contributed by atoms with Crippen molar-refractivity contribution >= 4 is 11.6 Å². The van der Waals surface area contributed by atoms with Gasteiger partial charge in [-0.25, -0.2) is 9.37 Å². The van der Waals surface area contributed by atoms with Gasteiger partial charge < -0.3 is 4.57 Å². The quantitative estimate of drug-likeness (QED) is 0.636. The van der Waals surface area contributed by atoms with E-state index in [1.807, 2.05) is 10.8 Å². The number of rotatable bonds is 6. The minimum atomic E-state index is -0.369. The number of aryl methyl sites for hydroxylation is 1. The summed E-state index contributed by atoms with van der Waals surface area (Å²) in [4.78, 5) is 4.31. The Kier molecular flexibility index (Phi) is 5.11. The normalized spacial score (nSPS) is 12.6. The average molecular weight is 297 g/mol. The summed E-state index contributed by atoms with van der Waals surface area (Å²) in [7, 11) is 0. The van der Waals surface area contributed by atoms with Gasteiger partial charge in [0.2, 0.25) is 0 Å². The molecule has 0 saturated carbocycles. The number of imidazole rings is 1. The van der Waals surface area contributed by atoms with Crippen molar-refractivity contribution in [2.45, 2.75) is 32.4 Å². The van der Waals surface area contributed by atoms with E-state index in [0.29, 0.717) is 17.0 Å². The maximum atomic E-state index is 13.9. The zero-order valence-electron chi connectivity index (χ0n) is 11.3. The second-order valence-corrected chi connectivity index (χ2v) is 5.06. The summed E-state index contributed by atoms with van der Waals surface area (Å²) in [5.41, 5.74) is 3.09. The highest BCUT2D eigenvalue weighted by Crippen LogP contribution is 2.23. The van der Waals surface area contributed by atoms with Crippen LogP contribution >= 0.6 is 11.6 Å². The lowest BCUT2D eigenvalue weighted by Crippen LogP contribution is -2.31. The monoisotopic (exact) mass is 296 g/mol. The molecule has 2 aromatic rings. The van der Waals surface area contributed by atoms with Gasteiger partial charge in [0.25, 0.3) is 0 Å². The number of nitrogens with two attached hydrogens (primary N) is 1. The number of hydrazine groups is 1. The molecule has 1 heterocycles. The third-order valence-electron chi connectivity index (χ3n) is 3.19. The van der Waals surface area contributed by atoms with E-state index in [9.17, 15) is 4.39 Å². The first kappa shape index (κ1) is 15.0. The Labute approximate surface area is 122 Å². The summed E-state index contributed by atoms with van der Waals surface area (Å²) in [6.07, 6.45) is 5.17. The zero-order valence-corrected chi connectivity index (χ0v) is 12.1. The lowest BCUT2D eigenvalue weighted by molar-refractivity contribution is 0.489. The zero-order chi connectivity index (χ0) is 14.5. The first-order valence-corrected chi connectivity index (χ1v) is 6.94. The Morgan fingerprint density at radius 1 is 1.50 bits per heavy atom. The Bertz CT molecular complexity index is 570. The molecule has 0 amide bonds. The highest BCUT2D eigenvalue weighted by molar-refractivity contribution is 6.30. The van der Waals surface area contributed by atoms with E-state index in [1.54, 1.807) is 12.3 Å². The molecule has 0 radical (unpaired) electrons. The van der Waals surface area contributed by atoms with Gasteiger partial charge >= 0.3 is 0 Å². The van der Waals surface area contributed by atoms with Gasteiger partial charge in [-0.15, -0.1) is 0 Å². The van der Waals surface area contributed by atoms with Crippen LogP contribution < -0.4 is 11.3 Å². The van der Waals surface area contributed by atoms with E-state index in [0.717, 1.165) is 18.8 Å². The molecule has 6 heteroatoms. The van der Waals surface area contributed by atoms with Crippen LogP contribution in [0.4, 0.5) is 4.39 Å². The maximum Gasteiger partial charge on any atom is 0.128 e. The van der Waals surface area contributed by atoms with E-state index in [1.165, 1.54) is 12.1 Å². The highest BCUT2D eigenvalue weighted by Gasteiger charge is 2.18. The molecule has 1 atom stereocenters. The van der Waals surface area contributed by atoms with Gasteiger partial charge in [0, 0.05) is 35.9 Å². The summed E-state index contributed by atoms with van der Waals surface area (Å²) in [6, 6.07) is 4.09. The van der Waals surface area contributed by atoms with Crippen molar-refractivity contribution < 1.29 is 4.39 Å².